The maximum Gasteiger partial charge on any atom is 0.341 e. The summed E-state index contributed by atoms with van der Waals surface area (Å²) in [6.45, 7) is 6.21. The first-order valence-electron chi connectivity index (χ1n) is 7.91. The van der Waals surface area contributed by atoms with Crippen molar-refractivity contribution in [1.82, 2.24) is 9.97 Å². The van der Waals surface area contributed by atoms with Gasteiger partial charge in [0.05, 0.1) is 17.9 Å². The van der Waals surface area contributed by atoms with E-state index in [9.17, 15) is 4.79 Å². The Morgan fingerprint density at radius 2 is 2.24 bits per heavy atom. The number of esters is 1. The van der Waals surface area contributed by atoms with Gasteiger partial charge in [-0.3, -0.25) is 0 Å². The van der Waals surface area contributed by atoms with Crippen LogP contribution in [0.5, 0.6) is 0 Å². The molecule has 1 N–H and O–H groups in total. The lowest BCUT2D eigenvalue weighted by molar-refractivity contribution is 0.0524. The predicted molar refractivity (Wildman–Crippen MR) is 82.4 cm³/mol. The summed E-state index contributed by atoms with van der Waals surface area (Å²) in [5.74, 6) is 1.06. The van der Waals surface area contributed by atoms with Crippen molar-refractivity contribution >= 4 is 11.9 Å². The van der Waals surface area contributed by atoms with Crippen molar-refractivity contribution in [3.63, 3.8) is 0 Å². The molecule has 2 atom stereocenters. The topological polar surface area (TPSA) is 64.1 Å². The Balaban J connectivity index is 2.01. The summed E-state index contributed by atoms with van der Waals surface area (Å²) in [5.41, 5.74) is 1.10. The molecule has 1 aromatic heterocycles. The van der Waals surface area contributed by atoms with E-state index in [1.54, 1.807) is 13.1 Å². The van der Waals surface area contributed by atoms with Gasteiger partial charge in [0.2, 0.25) is 5.95 Å². The highest BCUT2D eigenvalue weighted by Gasteiger charge is 2.21. The summed E-state index contributed by atoms with van der Waals surface area (Å²) in [6.07, 6.45) is 7.73. The molecule has 5 heteroatoms. The minimum absolute atomic E-state index is 0.356. The van der Waals surface area contributed by atoms with Crippen LogP contribution in [0.25, 0.3) is 0 Å². The molecule has 21 heavy (non-hydrogen) atoms. The number of anilines is 1. The van der Waals surface area contributed by atoms with E-state index in [-0.39, 0.29) is 5.97 Å². The van der Waals surface area contributed by atoms with E-state index >= 15 is 0 Å². The SMILES string of the molecule is CCOC(=O)c1cnc(NC2CCCC(CC)C2)nc1C. The molecule has 1 aromatic rings. The van der Waals surface area contributed by atoms with Gasteiger partial charge in [0.1, 0.15) is 0 Å². The van der Waals surface area contributed by atoms with Gasteiger partial charge in [0.15, 0.2) is 0 Å². The molecule has 0 aromatic carbocycles. The maximum atomic E-state index is 11.7. The van der Waals surface area contributed by atoms with Crippen molar-refractivity contribution < 1.29 is 9.53 Å². The Kier molecular flexibility index (Phi) is 5.53. The van der Waals surface area contributed by atoms with Crippen molar-refractivity contribution in [2.24, 2.45) is 5.92 Å². The first-order chi connectivity index (χ1) is 10.1. The third-order valence-electron chi connectivity index (χ3n) is 4.17. The van der Waals surface area contributed by atoms with Crippen LogP contribution >= 0.6 is 0 Å². The Morgan fingerprint density at radius 3 is 2.90 bits per heavy atom. The highest BCUT2D eigenvalue weighted by molar-refractivity contribution is 5.90. The van der Waals surface area contributed by atoms with E-state index in [1.807, 2.05) is 6.92 Å². The van der Waals surface area contributed by atoms with Gasteiger partial charge in [0, 0.05) is 12.2 Å². The number of hydrogen-bond donors (Lipinski definition) is 1. The average molecular weight is 291 g/mol. The van der Waals surface area contributed by atoms with E-state index in [4.69, 9.17) is 4.74 Å². The molecule has 0 radical (unpaired) electrons. The fourth-order valence-corrected chi connectivity index (χ4v) is 2.92. The van der Waals surface area contributed by atoms with Gasteiger partial charge in [-0.1, -0.05) is 26.2 Å². The zero-order valence-electron chi connectivity index (χ0n) is 13.2. The molecule has 1 aliphatic rings. The molecule has 5 nitrogen and oxygen atoms in total. The number of nitrogens with one attached hydrogen (secondary N) is 1. The largest absolute Gasteiger partial charge is 0.462 e. The molecular formula is C16H25N3O2. The van der Waals surface area contributed by atoms with Crippen molar-refractivity contribution in [2.75, 3.05) is 11.9 Å². The van der Waals surface area contributed by atoms with Gasteiger partial charge >= 0.3 is 5.97 Å². The average Bonchev–Trinajstić information content (AvgIpc) is 2.47. The first kappa shape index (κ1) is 15.7. The number of aromatic nitrogens is 2. The molecule has 1 saturated carbocycles. The minimum Gasteiger partial charge on any atom is -0.462 e. The number of carbonyl (C=O) groups excluding carboxylic acids is 1. The first-order valence-corrected chi connectivity index (χ1v) is 7.91. The summed E-state index contributed by atoms with van der Waals surface area (Å²) in [7, 11) is 0. The van der Waals surface area contributed by atoms with Crippen molar-refractivity contribution in [3.8, 4) is 0 Å². The second kappa shape index (κ2) is 7.38. The standard InChI is InChI=1S/C16H25N3O2/c1-4-12-7-6-8-13(9-12)19-16-17-10-14(11(3)18-16)15(20)21-5-2/h10,12-13H,4-9H2,1-3H3,(H,17,18,19). The van der Waals surface area contributed by atoms with Crippen LogP contribution in [0.2, 0.25) is 0 Å². The van der Waals surface area contributed by atoms with Gasteiger partial charge in [-0.2, -0.15) is 0 Å². The monoisotopic (exact) mass is 291 g/mol. The molecular weight excluding hydrogens is 266 g/mol. The van der Waals surface area contributed by atoms with Gasteiger partial charge in [-0.15, -0.1) is 0 Å². The quantitative estimate of drug-likeness (QED) is 0.843. The lowest BCUT2D eigenvalue weighted by Gasteiger charge is -2.29. The second-order valence-electron chi connectivity index (χ2n) is 5.70. The number of hydrogen-bond acceptors (Lipinski definition) is 5. The Morgan fingerprint density at radius 1 is 1.43 bits per heavy atom. The van der Waals surface area contributed by atoms with Crippen molar-refractivity contribution in [1.29, 1.82) is 0 Å². The summed E-state index contributed by atoms with van der Waals surface area (Å²) < 4.78 is 4.99. The molecule has 1 aliphatic carbocycles. The van der Waals surface area contributed by atoms with Crippen LogP contribution in [0, 0.1) is 12.8 Å². The highest BCUT2D eigenvalue weighted by atomic mass is 16.5. The van der Waals surface area contributed by atoms with Crippen LogP contribution < -0.4 is 5.32 Å². The third kappa shape index (κ3) is 4.16. The summed E-state index contributed by atoms with van der Waals surface area (Å²) in [6, 6.07) is 0.441. The lowest BCUT2D eigenvalue weighted by atomic mass is 9.84. The van der Waals surface area contributed by atoms with Crippen molar-refractivity contribution in [2.45, 2.75) is 58.9 Å². The highest BCUT2D eigenvalue weighted by Crippen LogP contribution is 2.28. The zero-order chi connectivity index (χ0) is 15.2. The molecule has 0 aliphatic heterocycles. The molecule has 2 unspecified atom stereocenters. The molecule has 1 heterocycles. The summed E-state index contributed by atoms with van der Waals surface area (Å²) in [5, 5.41) is 3.41. The number of nitrogens with zero attached hydrogens (tertiary/aromatic N) is 2. The van der Waals surface area contributed by atoms with Crippen LogP contribution in [0.4, 0.5) is 5.95 Å². The Hall–Kier alpha value is -1.65. The number of aryl methyl sites for hydroxylation is 1. The van der Waals surface area contributed by atoms with Crippen LogP contribution in [0.3, 0.4) is 0 Å². The number of ether oxygens (including phenoxy) is 1. The van der Waals surface area contributed by atoms with Crippen LogP contribution in [0.15, 0.2) is 6.20 Å². The number of rotatable bonds is 5. The maximum absolute atomic E-state index is 11.7. The molecule has 116 valence electrons. The molecule has 1 fully saturated rings. The van der Waals surface area contributed by atoms with Crippen molar-refractivity contribution in [3.05, 3.63) is 17.5 Å². The fraction of sp³-hybridized carbons (Fsp3) is 0.688. The second-order valence-corrected chi connectivity index (χ2v) is 5.70. The minimum atomic E-state index is -0.356. The Labute approximate surface area is 126 Å². The van der Waals surface area contributed by atoms with Gasteiger partial charge in [0.25, 0.3) is 0 Å². The lowest BCUT2D eigenvalue weighted by Crippen LogP contribution is -2.28. The third-order valence-corrected chi connectivity index (χ3v) is 4.17. The molecule has 0 saturated heterocycles. The zero-order valence-corrected chi connectivity index (χ0v) is 13.2. The van der Waals surface area contributed by atoms with Crippen LogP contribution in [0.1, 0.15) is 62.0 Å². The van der Waals surface area contributed by atoms with Gasteiger partial charge < -0.3 is 10.1 Å². The molecule has 0 bridgehead atoms. The predicted octanol–water partition coefficient (Wildman–Crippen LogP) is 3.34. The van der Waals surface area contributed by atoms with E-state index < -0.39 is 0 Å². The van der Waals surface area contributed by atoms with E-state index in [0.29, 0.717) is 29.9 Å². The fourth-order valence-electron chi connectivity index (χ4n) is 2.92. The Bertz CT molecular complexity index is 490. The molecule has 0 amide bonds. The van der Waals surface area contributed by atoms with Crippen LogP contribution in [-0.4, -0.2) is 28.6 Å². The van der Waals surface area contributed by atoms with E-state index in [2.05, 4.69) is 22.2 Å². The van der Waals surface area contributed by atoms with E-state index in [1.165, 1.54) is 32.1 Å². The van der Waals surface area contributed by atoms with Crippen LogP contribution in [-0.2, 0) is 4.74 Å². The van der Waals surface area contributed by atoms with Gasteiger partial charge in [-0.05, 0) is 32.6 Å². The summed E-state index contributed by atoms with van der Waals surface area (Å²) >= 11 is 0. The van der Waals surface area contributed by atoms with E-state index in [0.717, 1.165) is 5.92 Å². The smallest absolute Gasteiger partial charge is 0.341 e. The van der Waals surface area contributed by atoms with Gasteiger partial charge in [-0.25, -0.2) is 14.8 Å². The normalized spacial score (nSPS) is 21.9. The number of carbonyl (C=O) groups is 1. The summed E-state index contributed by atoms with van der Waals surface area (Å²) in [4.78, 5) is 20.4. The molecule has 0 spiro atoms. The molecule has 2 rings (SSSR count).